The van der Waals surface area contributed by atoms with Gasteiger partial charge < -0.3 is 5.73 Å². The molecule has 0 radical (unpaired) electrons. The number of nitrogens with two attached hydrogens (primary N) is 1. The Morgan fingerprint density at radius 3 is 2.67 bits per heavy atom. The van der Waals surface area contributed by atoms with Crippen LogP contribution in [0.2, 0.25) is 0 Å². The first-order valence-electron chi connectivity index (χ1n) is 2.85. The molecule has 0 fully saturated rings. The van der Waals surface area contributed by atoms with Gasteiger partial charge in [0.25, 0.3) is 0 Å². The van der Waals surface area contributed by atoms with Crippen molar-refractivity contribution in [2.75, 3.05) is 0 Å². The number of nitrogens with zero attached hydrogens (tertiary/aromatic N) is 1. The van der Waals surface area contributed by atoms with Crippen molar-refractivity contribution in [1.82, 2.24) is 0 Å². The Balaban J connectivity index is 3.84. The Kier molecular flexibility index (Phi) is 4.50. The smallest absolute Gasteiger partial charge is 0.0856 e. The minimum absolute atomic E-state index is 0.913. The van der Waals surface area contributed by atoms with Gasteiger partial charge in [0, 0.05) is 5.70 Å². The number of aliphatic imine (C=N–C) groups is 1. The van der Waals surface area contributed by atoms with E-state index in [4.69, 9.17) is 5.73 Å². The van der Waals surface area contributed by atoms with E-state index >= 15 is 0 Å². The molecule has 50 valence electrons. The number of hydrogen-bond acceptors (Lipinski definition) is 1. The zero-order chi connectivity index (χ0) is 7.11. The second-order valence-corrected chi connectivity index (χ2v) is 1.61. The van der Waals surface area contributed by atoms with E-state index in [0.29, 0.717) is 0 Å². The van der Waals surface area contributed by atoms with E-state index in [1.807, 2.05) is 32.1 Å². The molecule has 9 heavy (non-hydrogen) atoms. The normalized spacial score (nSPS) is 13.8. The highest BCUT2D eigenvalue weighted by molar-refractivity contribution is 5.53. The first kappa shape index (κ1) is 7.95. The Hall–Kier alpha value is -1.05. The van der Waals surface area contributed by atoms with Gasteiger partial charge in [-0.05, 0) is 19.9 Å². The summed E-state index contributed by atoms with van der Waals surface area (Å²) in [5.74, 6) is 0. The van der Waals surface area contributed by atoms with Gasteiger partial charge in [-0.1, -0.05) is 12.2 Å². The molecule has 0 rings (SSSR count). The van der Waals surface area contributed by atoms with Gasteiger partial charge in [-0.15, -0.1) is 0 Å². The van der Waals surface area contributed by atoms with Crippen molar-refractivity contribution in [3.8, 4) is 0 Å². The molecular weight excluding hydrogens is 112 g/mol. The average Bonchev–Trinajstić information content (AvgIpc) is 1.85. The van der Waals surface area contributed by atoms with Crippen LogP contribution in [0, 0.1) is 0 Å². The minimum atomic E-state index is 0.913. The van der Waals surface area contributed by atoms with Crippen LogP contribution < -0.4 is 5.73 Å². The van der Waals surface area contributed by atoms with E-state index < -0.39 is 0 Å². The molecule has 0 heterocycles. The van der Waals surface area contributed by atoms with Gasteiger partial charge in [0.15, 0.2) is 0 Å². The van der Waals surface area contributed by atoms with E-state index in [1.54, 1.807) is 0 Å². The molecular formula is C7H12N2. The summed E-state index contributed by atoms with van der Waals surface area (Å²) in [6.45, 7) is 3.85. The van der Waals surface area contributed by atoms with Crippen LogP contribution in [-0.4, -0.2) is 6.34 Å². The lowest BCUT2D eigenvalue weighted by Gasteiger charge is -1.83. The molecule has 2 heteroatoms. The molecule has 0 aromatic heterocycles. The molecule has 0 aromatic carbocycles. The van der Waals surface area contributed by atoms with Crippen LogP contribution >= 0.6 is 0 Å². The van der Waals surface area contributed by atoms with E-state index in [-0.39, 0.29) is 0 Å². The highest BCUT2D eigenvalue weighted by atomic mass is 14.8. The van der Waals surface area contributed by atoms with Crippen molar-refractivity contribution in [2.45, 2.75) is 13.8 Å². The Morgan fingerprint density at radius 1 is 1.56 bits per heavy atom. The molecule has 0 aliphatic heterocycles. The third-order valence-electron chi connectivity index (χ3n) is 0.808. The van der Waals surface area contributed by atoms with Crippen molar-refractivity contribution < 1.29 is 0 Å². The van der Waals surface area contributed by atoms with Gasteiger partial charge in [0.2, 0.25) is 0 Å². The molecule has 0 aromatic rings. The standard InChI is InChI=1S/C7H12N2/c1-3-4-5-7(2)9-6-8/h3-6H,1-2H3,(H2,8,9)/b4-3+,7-5-. The van der Waals surface area contributed by atoms with Gasteiger partial charge in [0.1, 0.15) is 0 Å². The third-order valence-corrected chi connectivity index (χ3v) is 0.808. The van der Waals surface area contributed by atoms with Gasteiger partial charge in [-0.2, -0.15) is 0 Å². The number of rotatable bonds is 2. The van der Waals surface area contributed by atoms with E-state index in [1.165, 1.54) is 6.34 Å². The molecule has 0 saturated heterocycles. The first-order chi connectivity index (χ1) is 4.31. The summed E-state index contributed by atoms with van der Waals surface area (Å²) in [7, 11) is 0. The van der Waals surface area contributed by atoms with Crippen molar-refractivity contribution in [2.24, 2.45) is 10.7 Å². The zero-order valence-electron chi connectivity index (χ0n) is 5.83. The van der Waals surface area contributed by atoms with Crippen LogP contribution in [0.3, 0.4) is 0 Å². The molecule has 2 nitrogen and oxygen atoms in total. The lowest BCUT2D eigenvalue weighted by atomic mass is 10.4. The quantitative estimate of drug-likeness (QED) is 0.338. The fourth-order valence-electron chi connectivity index (χ4n) is 0.396. The summed E-state index contributed by atoms with van der Waals surface area (Å²) in [4.78, 5) is 3.82. The van der Waals surface area contributed by atoms with E-state index in [2.05, 4.69) is 4.99 Å². The molecule has 0 aliphatic carbocycles. The van der Waals surface area contributed by atoms with Gasteiger partial charge >= 0.3 is 0 Å². The maximum absolute atomic E-state index is 5.04. The molecule has 0 unspecified atom stereocenters. The Morgan fingerprint density at radius 2 is 2.22 bits per heavy atom. The summed E-state index contributed by atoms with van der Waals surface area (Å²) in [6, 6.07) is 0. The second kappa shape index (κ2) is 5.09. The molecule has 2 N–H and O–H groups in total. The third kappa shape index (κ3) is 4.81. The summed E-state index contributed by atoms with van der Waals surface area (Å²) in [6.07, 6.45) is 7.04. The topological polar surface area (TPSA) is 38.4 Å². The van der Waals surface area contributed by atoms with Crippen LogP contribution in [0.4, 0.5) is 0 Å². The predicted octanol–water partition coefficient (Wildman–Crippen LogP) is 1.45. The van der Waals surface area contributed by atoms with Crippen LogP contribution in [0.1, 0.15) is 13.8 Å². The van der Waals surface area contributed by atoms with Crippen molar-refractivity contribution in [3.63, 3.8) is 0 Å². The lowest BCUT2D eigenvalue weighted by Crippen LogP contribution is -1.87. The van der Waals surface area contributed by atoms with Crippen molar-refractivity contribution >= 4 is 6.34 Å². The van der Waals surface area contributed by atoms with Crippen LogP contribution in [0.15, 0.2) is 28.9 Å². The highest BCUT2D eigenvalue weighted by Crippen LogP contribution is 1.91. The maximum Gasteiger partial charge on any atom is 0.0856 e. The van der Waals surface area contributed by atoms with Crippen LogP contribution in [-0.2, 0) is 0 Å². The fourth-order valence-corrected chi connectivity index (χ4v) is 0.396. The highest BCUT2D eigenvalue weighted by Gasteiger charge is 1.73. The zero-order valence-corrected chi connectivity index (χ0v) is 5.83. The summed E-state index contributed by atoms with van der Waals surface area (Å²) in [5, 5.41) is 0. The van der Waals surface area contributed by atoms with Crippen LogP contribution in [0.25, 0.3) is 0 Å². The molecule has 0 saturated carbocycles. The summed E-state index contributed by atoms with van der Waals surface area (Å²) in [5.41, 5.74) is 5.96. The predicted molar refractivity (Wildman–Crippen MR) is 41.3 cm³/mol. The molecule has 0 spiro atoms. The van der Waals surface area contributed by atoms with Gasteiger partial charge in [0.05, 0.1) is 6.34 Å². The molecule has 0 amide bonds. The van der Waals surface area contributed by atoms with Crippen molar-refractivity contribution in [1.29, 1.82) is 0 Å². The summed E-state index contributed by atoms with van der Waals surface area (Å²) < 4.78 is 0. The lowest BCUT2D eigenvalue weighted by molar-refractivity contribution is 1.31. The monoisotopic (exact) mass is 124 g/mol. The largest absolute Gasteiger partial charge is 0.390 e. The van der Waals surface area contributed by atoms with Gasteiger partial charge in [-0.3, -0.25) is 0 Å². The molecule has 0 atom stereocenters. The SMILES string of the molecule is C/C=C/C=C(/C)N=CN. The van der Waals surface area contributed by atoms with Crippen molar-refractivity contribution in [3.05, 3.63) is 23.9 Å². The number of hydrogen-bond donors (Lipinski definition) is 1. The van der Waals surface area contributed by atoms with Crippen LogP contribution in [0.5, 0.6) is 0 Å². The Labute approximate surface area is 55.8 Å². The Bertz CT molecular complexity index is 143. The summed E-state index contributed by atoms with van der Waals surface area (Å²) >= 11 is 0. The fraction of sp³-hybridized carbons (Fsp3) is 0.286. The van der Waals surface area contributed by atoms with E-state index in [9.17, 15) is 0 Å². The first-order valence-corrected chi connectivity index (χ1v) is 2.85. The van der Waals surface area contributed by atoms with Gasteiger partial charge in [-0.25, -0.2) is 4.99 Å². The minimum Gasteiger partial charge on any atom is -0.390 e. The second-order valence-electron chi connectivity index (χ2n) is 1.61. The molecule has 0 aliphatic rings. The average molecular weight is 124 g/mol. The maximum atomic E-state index is 5.04. The molecule has 0 bridgehead atoms. The number of allylic oxidation sites excluding steroid dienone is 4. The van der Waals surface area contributed by atoms with E-state index in [0.717, 1.165) is 5.70 Å².